The maximum absolute atomic E-state index is 14.3. The summed E-state index contributed by atoms with van der Waals surface area (Å²) in [6.07, 6.45) is 0.752. The van der Waals surface area contributed by atoms with Gasteiger partial charge in [-0.2, -0.15) is 0 Å². The molecule has 1 saturated heterocycles. The van der Waals surface area contributed by atoms with E-state index in [1.54, 1.807) is 23.1 Å². The molecule has 6 heteroatoms. The highest BCUT2D eigenvalue weighted by atomic mass is 19.3. The molecule has 1 atom stereocenters. The van der Waals surface area contributed by atoms with Gasteiger partial charge in [0, 0.05) is 32.6 Å². The highest BCUT2D eigenvalue weighted by Gasteiger charge is 2.44. The van der Waals surface area contributed by atoms with Gasteiger partial charge in [0.05, 0.1) is 6.61 Å². The van der Waals surface area contributed by atoms with Crippen molar-refractivity contribution >= 4 is 0 Å². The van der Waals surface area contributed by atoms with E-state index in [1.165, 1.54) is 0 Å². The molecule has 3 rings (SSSR count). The van der Waals surface area contributed by atoms with Crippen LogP contribution in [0.15, 0.2) is 18.2 Å². The van der Waals surface area contributed by atoms with E-state index in [2.05, 4.69) is 5.32 Å². The van der Waals surface area contributed by atoms with E-state index in [9.17, 15) is 8.78 Å². The van der Waals surface area contributed by atoms with Crippen LogP contribution in [0.1, 0.15) is 17.2 Å². The van der Waals surface area contributed by atoms with Crippen molar-refractivity contribution in [3.8, 4) is 5.75 Å². The van der Waals surface area contributed by atoms with E-state index >= 15 is 0 Å². The Morgan fingerprint density at radius 3 is 2.81 bits per heavy atom. The largest absolute Gasteiger partial charge is 0.493 e. The number of alkyl halides is 2. The number of nitrogens with zero attached hydrogens (tertiary/aromatic N) is 1. The number of ether oxygens (including phenoxy) is 1. The monoisotopic (exact) mass is 298 g/mol. The summed E-state index contributed by atoms with van der Waals surface area (Å²) in [6, 6.07) is 4.18. The van der Waals surface area contributed by atoms with Gasteiger partial charge in [-0.05, 0) is 17.2 Å². The summed E-state index contributed by atoms with van der Waals surface area (Å²) in [5, 5.41) is 12.3. The number of piperazine rings is 1. The van der Waals surface area contributed by atoms with Crippen molar-refractivity contribution < 1.29 is 18.6 Å². The number of rotatable bonds is 4. The number of aliphatic hydroxyl groups excluding tert-OH is 1. The second kappa shape index (κ2) is 5.87. The molecular weight excluding hydrogens is 278 g/mol. The minimum Gasteiger partial charge on any atom is -0.493 e. The molecule has 0 saturated carbocycles. The van der Waals surface area contributed by atoms with Gasteiger partial charge >= 0.3 is 0 Å². The number of nitrogens with one attached hydrogen (secondary N) is 1. The highest BCUT2D eigenvalue weighted by Crippen LogP contribution is 2.38. The van der Waals surface area contributed by atoms with Gasteiger partial charge in [0.2, 0.25) is 0 Å². The molecule has 0 aromatic heterocycles. The number of hydrogen-bond acceptors (Lipinski definition) is 4. The number of fused-ring (bicyclic) bond motifs is 1. The van der Waals surface area contributed by atoms with Crippen molar-refractivity contribution in [3.05, 3.63) is 29.3 Å². The van der Waals surface area contributed by atoms with Crippen molar-refractivity contribution in [2.45, 2.75) is 18.4 Å². The lowest BCUT2D eigenvalue weighted by Crippen LogP contribution is -2.51. The lowest BCUT2D eigenvalue weighted by molar-refractivity contribution is -0.118. The molecule has 4 nitrogen and oxygen atoms in total. The molecule has 0 bridgehead atoms. The first-order chi connectivity index (χ1) is 10.1. The van der Waals surface area contributed by atoms with Gasteiger partial charge in [0.1, 0.15) is 18.4 Å². The van der Waals surface area contributed by atoms with Crippen LogP contribution in [0.5, 0.6) is 5.75 Å². The predicted octanol–water partition coefficient (Wildman–Crippen LogP) is 1.20. The average molecular weight is 298 g/mol. The highest BCUT2D eigenvalue weighted by molar-refractivity contribution is 5.41. The molecule has 2 N–H and O–H groups in total. The Morgan fingerprint density at radius 2 is 2.10 bits per heavy atom. The van der Waals surface area contributed by atoms with Crippen LogP contribution in [0.2, 0.25) is 0 Å². The van der Waals surface area contributed by atoms with Crippen LogP contribution in [-0.4, -0.2) is 55.3 Å². The summed E-state index contributed by atoms with van der Waals surface area (Å²) in [5.41, 5.74) is 1.53. The fourth-order valence-corrected chi connectivity index (χ4v) is 3.13. The quantitative estimate of drug-likeness (QED) is 0.876. The lowest BCUT2D eigenvalue weighted by Gasteiger charge is -2.38. The Hall–Kier alpha value is -1.24. The Morgan fingerprint density at radius 1 is 1.33 bits per heavy atom. The second-order valence-corrected chi connectivity index (χ2v) is 5.57. The molecule has 21 heavy (non-hydrogen) atoms. The fraction of sp³-hybridized carbons (Fsp3) is 0.600. The third-order valence-electron chi connectivity index (χ3n) is 4.16. The minimum absolute atomic E-state index is 0.549. The predicted molar refractivity (Wildman–Crippen MR) is 74.9 cm³/mol. The minimum atomic E-state index is -3.16. The Kier molecular flexibility index (Phi) is 4.10. The summed E-state index contributed by atoms with van der Waals surface area (Å²) in [6.45, 7) is 1.93. The summed E-state index contributed by atoms with van der Waals surface area (Å²) >= 11 is 0. The average Bonchev–Trinajstić information content (AvgIpc) is 2.96. The topological polar surface area (TPSA) is 44.7 Å². The fourth-order valence-electron chi connectivity index (χ4n) is 3.13. The van der Waals surface area contributed by atoms with Crippen molar-refractivity contribution in [3.63, 3.8) is 0 Å². The van der Waals surface area contributed by atoms with E-state index in [1.807, 2.05) is 0 Å². The van der Waals surface area contributed by atoms with E-state index in [0.29, 0.717) is 38.3 Å². The van der Waals surface area contributed by atoms with Gasteiger partial charge < -0.3 is 15.2 Å². The number of halogens is 2. The molecule has 0 amide bonds. The standard InChI is InChI=1S/C15H20F2N2O2/c16-15(17,10-20)14(19-6-4-18-5-7-19)12-1-2-13-11(9-12)3-8-21-13/h1-2,9,14,18,20H,3-8,10H2/t14-/m0/s1. The molecule has 2 aliphatic rings. The van der Waals surface area contributed by atoms with Crippen molar-refractivity contribution in [1.29, 1.82) is 0 Å². The zero-order valence-corrected chi connectivity index (χ0v) is 11.8. The molecule has 1 aromatic carbocycles. The van der Waals surface area contributed by atoms with E-state index in [-0.39, 0.29) is 0 Å². The second-order valence-electron chi connectivity index (χ2n) is 5.57. The van der Waals surface area contributed by atoms with Crippen LogP contribution in [0.3, 0.4) is 0 Å². The summed E-state index contributed by atoms with van der Waals surface area (Å²) in [5.74, 6) is -2.38. The zero-order chi connectivity index (χ0) is 14.9. The van der Waals surface area contributed by atoms with Gasteiger partial charge in [0.25, 0.3) is 5.92 Å². The molecule has 1 fully saturated rings. The number of aliphatic hydroxyl groups is 1. The summed E-state index contributed by atoms with van der Waals surface area (Å²) in [7, 11) is 0. The third-order valence-corrected chi connectivity index (χ3v) is 4.16. The molecule has 0 unspecified atom stereocenters. The van der Waals surface area contributed by atoms with E-state index < -0.39 is 18.6 Å². The normalized spacial score (nSPS) is 20.9. The Bertz CT molecular complexity index is 504. The SMILES string of the molecule is OCC(F)(F)[C@H](c1ccc2c(c1)CCO2)N1CCNCC1. The molecule has 0 radical (unpaired) electrons. The number of benzene rings is 1. The summed E-state index contributed by atoms with van der Waals surface area (Å²) < 4.78 is 34.0. The van der Waals surface area contributed by atoms with Gasteiger partial charge in [-0.1, -0.05) is 12.1 Å². The van der Waals surface area contributed by atoms with E-state index in [0.717, 1.165) is 17.7 Å². The van der Waals surface area contributed by atoms with Crippen molar-refractivity contribution in [2.24, 2.45) is 0 Å². The molecule has 2 aliphatic heterocycles. The van der Waals surface area contributed by atoms with Gasteiger partial charge in [-0.15, -0.1) is 0 Å². The van der Waals surface area contributed by atoms with Gasteiger partial charge in [-0.3, -0.25) is 4.90 Å². The zero-order valence-electron chi connectivity index (χ0n) is 11.8. The van der Waals surface area contributed by atoms with Crippen LogP contribution in [-0.2, 0) is 6.42 Å². The molecule has 116 valence electrons. The summed E-state index contributed by atoms with van der Waals surface area (Å²) in [4.78, 5) is 1.75. The Labute approximate surface area is 122 Å². The van der Waals surface area contributed by atoms with Crippen LogP contribution in [0, 0.1) is 0 Å². The van der Waals surface area contributed by atoms with Crippen molar-refractivity contribution in [1.82, 2.24) is 10.2 Å². The van der Waals surface area contributed by atoms with Crippen LogP contribution < -0.4 is 10.1 Å². The first-order valence-electron chi connectivity index (χ1n) is 7.31. The Balaban J connectivity index is 1.94. The first kappa shape index (κ1) is 14.7. The molecule has 0 spiro atoms. The first-order valence-corrected chi connectivity index (χ1v) is 7.31. The molecule has 1 aromatic rings. The number of hydrogen-bond donors (Lipinski definition) is 2. The maximum atomic E-state index is 14.3. The van der Waals surface area contributed by atoms with Crippen LogP contribution in [0.25, 0.3) is 0 Å². The van der Waals surface area contributed by atoms with Gasteiger partial charge in [0.15, 0.2) is 0 Å². The maximum Gasteiger partial charge on any atom is 0.289 e. The van der Waals surface area contributed by atoms with E-state index in [4.69, 9.17) is 9.84 Å². The smallest absolute Gasteiger partial charge is 0.289 e. The van der Waals surface area contributed by atoms with Gasteiger partial charge in [-0.25, -0.2) is 8.78 Å². The molecular formula is C15H20F2N2O2. The lowest BCUT2D eigenvalue weighted by atomic mass is 9.96. The molecule has 2 heterocycles. The van der Waals surface area contributed by atoms with Crippen molar-refractivity contribution in [2.75, 3.05) is 39.4 Å². The van der Waals surface area contributed by atoms with Crippen LogP contribution in [0.4, 0.5) is 8.78 Å². The van der Waals surface area contributed by atoms with Crippen LogP contribution >= 0.6 is 0 Å². The molecule has 0 aliphatic carbocycles. The third kappa shape index (κ3) is 2.88.